The lowest BCUT2D eigenvalue weighted by Gasteiger charge is -2.19. The van der Waals surface area contributed by atoms with Gasteiger partial charge in [0, 0.05) is 26.2 Å². The normalized spacial score (nSPS) is 10.0. The molecule has 0 saturated carbocycles. The van der Waals surface area contributed by atoms with E-state index in [9.17, 15) is 0 Å². The van der Waals surface area contributed by atoms with Gasteiger partial charge < -0.3 is 10.2 Å². The number of nitrogens with one attached hydrogen (secondary N) is 1. The van der Waals surface area contributed by atoms with Crippen LogP contribution in [-0.2, 0) is 0 Å². The first-order valence-electron chi connectivity index (χ1n) is 4.91. The van der Waals surface area contributed by atoms with Crippen LogP contribution in [0.3, 0.4) is 0 Å². The zero-order chi connectivity index (χ0) is 10.6. The minimum absolute atomic E-state index is 0.901. The second kappa shape index (κ2) is 4.79. The van der Waals surface area contributed by atoms with E-state index in [0.29, 0.717) is 0 Å². The summed E-state index contributed by atoms with van der Waals surface area (Å²) in [5.41, 5.74) is 1.10. The Morgan fingerprint density at radius 2 is 2.14 bits per heavy atom. The number of aromatic nitrogens is 2. The minimum Gasteiger partial charge on any atom is -0.373 e. The first-order valence-corrected chi connectivity index (χ1v) is 4.91. The maximum atomic E-state index is 4.28. The molecule has 14 heavy (non-hydrogen) atoms. The molecule has 1 N–H and O–H groups in total. The van der Waals surface area contributed by atoms with Crippen LogP contribution in [0.15, 0.2) is 6.33 Å². The molecule has 1 aromatic heterocycles. The summed E-state index contributed by atoms with van der Waals surface area (Å²) in [4.78, 5) is 10.6. The van der Waals surface area contributed by atoms with Gasteiger partial charge in [-0.05, 0) is 13.3 Å². The summed E-state index contributed by atoms with van der Waals surface area (Å²) >= 11 is 0. The lowest BCUT2D eigenvalue weighted by atomic mass is 10.3. The molecule has 0 fully saturated rings. The molecular formula is C10H18N4. The highest BCUT2D eigenvalue weighted by Crippen LogP contribution is 2.20. The number of anilines is 2. The van der Waals surface area contributed by atoms with E-state index in [1.54, 1.807) is 6.33 Å². The molecule has 0 radical (unpaired) electrons. The molecular weight excluding hydrogens is 176 g/mol. The van der Waals surface area contributed by atoms with E-state index in [1.165, 1.54) is 0 Å². The van der Waals surface area contributed by atoms with E-state index >= 15 is 0 Å². The van der Waals surface area contributed by atoms with E-state index in [4.69, 9.17) is 0 Å². The van der Waals surface area contributed by atoms with Crippen molar-refractivity contribution in [3.8, 4) is 0 Å². The summed E-state index contributed by atoms with van der Waals surface area (Å²) < 4.78 is 0. The Hall–Kier alpha value is -1.32. The van der Waals surface area contributed by atoms with Crippen LogP contribution in [0.1, 0.15) is 18.9 Å². The Bertz CT molecular complexity index is 298. The van der Waals surface area contributed by atoms with Gasteiger partial charge >= 0.3 is 0 Å². The summed E-state index contributed by atoms with van der Waals surface area (Å²) in [6.45, 7) is 5.21. The molecule has 0 aliphatic carbocycles. The second-order valence-corrected chi connectivity index (χ2v) is 3.34. The van der Waals surface area contributed by atoms with Crippen LogP contribution in [0.4, 0.5) is 11.6 Å². The molecule has 1 heterocycles. The van der Waals surface area contributed by atoms with Crippen molar-refractivity contribution in [2.45, 2.75) is 20.3 Å². The molecule has 78 valence electrons. The van der Waals surface area contributed by atoms with Gasteiger partial charge in [-0.1, -0.05) is 6.92 Å². The van der Waals surface area contributed by atoms with Gasteiger partial charge in [0.2, 0.25) is 0 Å². The predicted molar refractivity (Wildman–Crippen MR) is 59.9 cm³/mol. The number of hydrogen-bond donors (Lipinski definition) is 1. The van der Waals surface area contributed by atoms with Gasteiger partial charge in [0.25, 0.3) is 0 Å². The van der Waals surface area contributed by atoms with Gasteiger partial charge in [-0.3, -0.25) is 0 Å². The number of nitrogens with zero attached hydrogens (tertiary/aromatic N) is 3. The average molecular weight is 194 g/mol. The van der Waals surface area contributed by atoms with Crippen molar-refractivity contribution in [1.29, 1.82) is 0 Å². The van der Waals surface area contributed by atoms with Crippen molar-refractivity contribution in [2.24, 2.45) is 0 Å². The second-order valence-electron chi connectivity index (χ2n) is 3.34. The first-order chi connectivity index (χ1) is 6.70. The first kappa shape index (κ1) is 10.8. The van der Waals surface area contributed by atoms with Crippen LogP contribution < -0.4 is 10.2 Å². The fourth-order valence-electron chi connectivity index (χ4n) is 1.52. The van der Waals surface area contributed by atoms with Gasteiger partial charge in [0.1, 0.15) is 18.0 Å². The van der Waals surface area contributed by atoms with Crippen molar-refractivity contribution < 1.29 is 0 Å². The molecule has 0 saturated heterocycles. The molecule has 0 spiro atoms. The van der Waals surface area contributed by atoms with E-state index in [-0.39, 0.29) is 0 Å². The standard InChI is InChI=1S/C10H18N4/c1-5-6-14(4)10-8(2)9(11-3)12-7-13-10/h7H,5-6H2,1-4H3,(H,11,12,13). The third-order valence-electron chi connectivity index (χ3n) is 2.21. The summed E-state index contributed by atoms with van der Waals surface area (Å²) in [5.74, 6) is 1.91. The molecule has 0 aromatic carbocycles. The third-order valence-corrected chi connectivity index (χ3v) is 2.21. The largest absolute Gasteiger partial charge is 0.373 e. The summed E-state index contributed by atoms with van der Waals surface area (Å²) in [6.07, 6.45) is 2.72. The monoisotopic (exact) mass is 194 g/mol. The van der Waals surface area contributed by atoms with Gasteiger partial charge in [-0.2, -0.15) is 0 Å². The molecule has 4 nitrogen and oxygen atoms in total. The molecule has 0 atom stereocenters. The van der Waals surface area contributed by atoms with E-state index in [1.807, 2.05) is 14.0 Å². The lowest BCUT2D eigenvalue weighted by Crippen LogP contribution is -2.20. The number of rotatable bonds is 4. The molecule has 4 heteroatoms. The zero-order valence-corrected chi connectivity index (χ0v) is 9.33. The Morgan fingerprint density at radius 3 is 2.71 bits per heavy atom. The highest BCUT2D eigenvalue weighted by Gasteiger charge is 2.08. The van der Waals surface area contributed by atoms with Crippen LogP contribution >= 0.6 is 0 Å². The molecule has 0 bridgehead atoms. The van der Waals surface area contributed by atoms with Crippen molar-refractivity contribution in [1.82, 2.24) is 9.97 Å². The van der Waals surface area contributed by atoms with Crippen LogP contribution in [0, 0.1) is 6.92 Å². The van der Waals surface area contributed by atoms with E-state index < -0.39 is 0 Å². The Kier molecular flexibility index (Phi) is 3.68. The van der Waals surface area contributed by atoms with E-state index in [0.717, 1.165) is 30.2 Å². The highest BCUT2D eigenvalue weighted by atomic mass is 15.2. The fourth-order valence-corrected chi connectivity index (χ4v) is 1.52. The third kappa shape index (κ3) is 2.13. The molecule has 0 aliphatic rings. The molecule has 1 rings (SSSR count). The van der Waals surface area contributed by atoms with Crippen LogP contribution in [0.2, 0.25) is 0 Å². The maximum Gasteiger partial charge on any atom is 0.136 e. The van der Waals surface area contributed by atoms with Crippen LogP contribution in [-0.4, -0.2) is 30.6 Å². The fraction of sp³-hybridized carbons (Fsp3) is 0.600. The lowest BCUT2D eigenvalue weighted by molar-refractivity contribution is 0.830. The average Bonchev–Trinajstić information content (AvgIpc) is 2.18. The molecule has 1 aromatic rings. The van der Waals surface area contributed by atoms with Gasteiger partial charge in [0.15, 0.2) is 0 Å². The molecule has 0 amide bonds. The molecule has 0 unspecified atom stereocenters. The quantitative estimate of drug-likeness (QED) is 0.791. The van der Waals surface area contributed by atoms with Gasteiger partial charge in [-0.25, -0.2) is 9.97 Å². The Balaban J connectivity index is 2.96. The van der Waals surface area contributed by atoms with Crippen molar-refractivity contribution in [3.63, 3.8) is 0 Å². The minimum atomic E-state index is 0.901. The van der Waals surface area contributed by atoms with Crippen LogP contribution in [0.5, 0.6) is 0 Å². The predicted octanol–water partition coefficient (Wildman–Crippen LogP) is 1.67. The Labute approximate surface area is 85.4 Å². The summed E-state index contributed by atoms with van der Waals surface area (Å²) in [7, 11) is 3.93. The topological polar surface area (TPSA) is 41.1 Å². The van der Waals surface area contributed by atoms with Crippen molar-refractivity contribution in [2.75, 3.05) is 30.9 Å². The maximum absolute atomic E-state index is 4.28. The summed E-state index contributed by atoms with van der Waals surface area (Å²) in [6, 6.07) is 0. The van der Waals surface area contributed by atoms with E-state index in [2.05, 4.69) is 34.2 Å². The van der Waals surface area contributed by atoms with Crippen molar-refractivity contribution >= 4 is 11.6 Å². The van der Waals surface area contributed by atoms with Crippen molar-refractivity contribution in [3.05, 3.63) is 11.9 Å². The number of hydrogen-bond acceptors (Lipinski definition) is 4. The van der Waals surface area contributed by atoms with Crippen LogP contribution in [0.25, 0.3) is 0 Å². The smallest absolute Gasteiger partial charge is 0.136 e. The SMILES string of the molecule is CCCN(C)c1ncnc(NC)c1C. The molecule has 0 aliphatic heterocycles. The highest BCUT2D eigenvalue weighted by molar-refractivity contribution is 5.57. The Morgan fingerprint density at radius 1 is 1.43 bits per heavy atom. The zero-order valence-electron chi connectivity index (χ0n) is 9.33. The summed E-state index contributed by atoms with van der Waals surface area (Å²) in [5, 5.41) is 3.05. The van der Waals surface area contributed by atoms with Gasteiger partial charge in [-0.15, -0.1) is 0 Å². The van der Waals surface area contributed by atoms with Gasteiger partial charge in [0.05, 0.1) is 0 Å².